The van der Waals surface area contributed by atoms with Gasteiger partial charge in [0.25, 0.3) is 0 Å². The van der Waals surface area contributed by atoms with Crippen molar-refractivity contribution in [3.63, 3.8) is 0 Å². The average molecular weight is 265 g/mol. The lowest BCUT2D eigenvalue weighted by atomic mass is 10.2. The molecule has 1 aliphatic heterocycles. The molecular weight excluding hydrogens is 242 g/mol. The van der Waals surface area contributed by atoms with Gasteiger partial charge in [0.2, 0.25) is 0 Å². The second kappa shape index (κ2) is 6.63. The Labute approximate surface area is 114 Å². The molecular formula is C14H23N3O2. The van der Waals surface area contributed by atoms with Crippen molar-refractivity contribution in [1.82, 2.24) is 4.90 Å². The van der Waals surface area contributed by atoms with Crippen molar-refractivity contribution in [2.24, 2.45) is 0 Å². The molecule has 0 aliphatic carbocycles. The van der Waals surface area contributed by atoms with E-state index in [0.29, 0.717) is 5.69 Å². The Morgan fingerprint density at radius 3 is 2.84 bits per heavy atom. The molecule has 5 nitrogen and oxygen atoms in total. The highest BCUT2D eigenvalue weighted by molar-refractivity contribution is 5.62. The van der Waals surface area contributed by atoms with Crippen molar-refractivity contribution in [2.75, 3.05) is 57.1 Å². The Kier molecular flexibility index (Phi) is 4.87. The van der Waals surface area contributed by atoms with Gasteiger partial charge in [0, 0.05) is 37.9 Å². The molecule has 1 aromatic carbocycles. The van der Waals surface area contributed by atoms with E-state index < -0.39 is 0 Å². The van der Waals surface area contributed by atoms with Crippen LogP contribution in [0.2, 0.25) is 0 Å². The first-order valence-corrected chi connectivity index (χ1v) is 6.76. The molecule has 3 N–H and O–H groups in total. The van der Waals surface area contributed by atoms with Gasteiger partial charge in [-0.2, -0.15) is 0 Å². The highest BCUT2D eigenvalue weighted by Crippen LogP contribution is 2.27. The number of hydrogen-bond donors (Lipinski definition) is 2. The van der Waals surface area contributed by atoms with Crippen molar-refractivity contribution in [3.8, 4) is 5.75 Å². The number of rotatable bonds is 4. The minimum atomic E-state index is 0.232. The number of aliphatic hydroxyl groups excluding tert-OH is 1. The first-order valence-electron chi connectivity index (χ1n) is 6.76. The van der Waals surface area contributed by atoms with Crippen LogP contribution in [0.25, 0.3) is 0 Å². The zero-order chi connectivity index (χ0) is 13.7. The SMILES string of the molecule is COc1cc(N2CCCN(CCO)CC2)ccc1N. The number of β-amino-alcohol motifs (C(OH)–C–C–N with tert-alkyl or cyclic N) is 1. The smallest absolute Gasteiger partial charge is 0.143 e. The maximum Gasteiger partial charge on any atom is 0.143 e. The van der Waals surface area contributed by atoms with Crippen molar-refractivity contribution in [3.05, 3.63) is 18.2 Å². The molecule has 1 aliphatic rings. The second-order valence-corrected chi connectivity index (χ2v) is 4.83. The van der Waals surface area contributed by atoms with Crippen LogP contribution in [0.15, 0.2) is 18.2 Å². The Hall–Kier alpha value is -1.46. The molecule has 0 bridgehead atoms. The molecule has 1 heterocycles. The van der Waals surface area contributed by atoms with Crippen LogP contribution in [-0.4, -0.2) is 56.4 Å². The Morgan fingerprint density at radius 1 is 1.26 bits per heavy atom. The predicted molar refractivity (Wildman–Crippen MR) is 77.8 cm³/mol. The van der Waals surface area contributed by atoms with Crippen molar-refractivity contribution in [2.45, 2.75) is 6.42 Å². The third-order valence-corrected chi connectivity index (χ3v) is 3.59. The fourth-order valence-corrected chi connectivity index (χ4v) is 2.49. The topological polar surface area (TPSA) is 62.0 Å². The first kappa shape index (κ1) is 14.0. The van der Waals surface area contributed by atoms with Gasteiger partial charge in [0.15, 0.2) is 0 Å². The first-order chi connectivity index (χ1) is 9.24. The van der Waals surface area contributed by atoms with Gasteiger partial charge in [-0.15, -0.1) is 0 Å². The average Bonchev–Trinajstić information content (AvgIpc) is 2.66. The van der Waals surface area contributed by atoms with Crippen molar-refractivity contribution in [1.29, 1.82) is 0 Å². The van der Waals surface area contributed by atoms with Gasteiger partial charge in [-0.05, 0) is 25.1 Å². The van der Waals surface area contributed by atoms with Crippen LogP contribution < -0.4 is 15.4 Å². The maximum atomic E-state index is 9.01. The zero-order valence-electron chi connectivity index (χ0n) is 11.5. The summed E-state index contributed by atoms with van der Waals surface area (Å²) in [6, 6.07) is 5.93. The summed E-state index contributed by atoms with van der Waals surface area (Å²) in [7, 11) is 1.64. The molecule has 0 aromatic heterocycles. The third-order valence-electron chi connectivity index (χ3n) is 3.59. The van der Waals surface area contributed by atoms with E-state index in [1.54, 1.807) is 7.11 Å². The Morgan fingerprint density at radius 2 is 2.11 bits per heavy atom. The highest BCUT2D eigenvalue weighted by Gasteiger charge is 2.15. The molecule has 1 aromatic rings. The monoisotopic (exact) mass is 265 g/mol. The summed E-state index contributed by atoms with van der Waals surface area (Å²) in [4.78, 5) is 4.65. The summed E-state index contributed by atoms with van der Waals surface area (Å²) in [5.41, 5.74) is 7.66. The van der Waals surface area contributed by atoms with Crippen LogP contribution in [0.4, 0.5) is 11.4 Å². The van der Waals surface area contributed by atoms with Gasteiger partial charge in [0.05, 0.1) is 19.4 Å². The number of aliphatic hydroxyl groups is 1. The van der Waals surface area contributed by atoms with Crippen LogP contribution in [0, 0.1) is 0 Å². The van der Waals surface area contributed by atoms with Crippen LogP contribution in [-0.2, 0) is 0 Å². The molecule has 0 radical (unpaired) electrons. The molecule has 2 rings (SSSR count). The molecule has 0 unspecified atom stereocenters. The summed E-state index contributed by atoms with van der Waals surface area (Å²) in [6.07, 6.45) is 1.10. The van der Waals surface area contributed by atoms with Crippen molar-refractivity contribution < 1.29 is 9.84 Å². The molecule has 5 heteroatoms. The Balaban J connectivity index is 2.05. The van der Waals surface area contributed by atoms with Gasteiger partial charge in [-0.3, -0.25) is 4.90 Å². The van der Waals surface area contributed by atoms with E-state index in [-0.39, 0.29) is 6.61 Å². The number of methoxy groups -OCH3 is 1. The summed E-state index contributed by atoms with van der Waals surface area (Å²) >= 11 is 0. The number of nitrogens with zero attached hydrogens (tertiary/aromatic N) is 2. The predicted octanol–water partition coefficient (Wildman–Crippen LogP) is 0.782. The summed E-state index contributed by atoms with van der Waals surface area (Å²) < 4.78 is 5.27. The number of ether oxygens (including phenoxy) is 1. The highest BCUT2D eigenvalue weighted by atomic mass is 16.5. The number of benzene rings is 1. The van der Waals surface area contributed by atoms with Gasteiger partial charge >= 0.3 is 0 Å². The molecule has 1 saturated heterocycles. The van der Waals surface area contributed by atoms with Crippen molar-refractivity contribution >= 4 is 11.4 Å². The maximum absolute atomic E-state index is 9.01. The zero-order valence-corrected chi connectivity index (χ0v) is 11.5. The lowest BCUT2D eigenvalue weighted by molar-refractivity contribution is 0.204. The molecule has 0 amide bonds. The molecule has 106 valence electrons. The normalized spacial score (nSPS) is 17.3. The third kappa shape index (κ3) is 3.52. The largest absolute Gasteiger partial charge is 0.495 e. The van der Waals surface area contributed by atoms with Crippen LogP contribution in [0.1, 0.15) is 6.42 Å². The van der Waals surface area contributed by atoms with Gasteiger partial charge in [-0.25, -0.2) is 0 Å². The number of anilines is 2. The number of nitrogen functional groups attached to an aromatic ring is 1. The quantitative estimate of drug-likeness (QED) is 0.788. The second-order valence-electron chi connectivity index (χ2n) is 4.83. The van der Waals surface area contributed by atoms with Gasteiger partial charge in [-0.1, -0.05) is 0 Å². The molecule has 0 saturated carbocycles. The lowest BCUT2D eigenvalue weighted by Gasteiger charge is -2.24. The molecule has 0 atom stereocenters. The van der Waals surface area contributed by atoms with E-state index in [9.17, 15) is 0 Å². The van der Waals surface area contributed by atoms with E-state index in [1.165, 1.54) is 0 Å². The van der Waals surface area contributed by atoms with Crippen LogP contribution in [0.5, 0.6) is 5.75 Å². The number of hydrogen-bond acceptors (Lipinski definition) is 5. The summed E-state index contributed by atoms with van der Waals surface area (Å²) in [5.74, 6) is 0.731. The summed E-state index contributed by atoms with van der Waals surface area (Å²) in [6.45, 7) is 5.01. The van der Waals surface area contributed by atoms with E-state index in [4.69, 9.17) is 15.6 Å². The fraction of sp³-hybridized carbons (Fsp3) is 0.571. The standard InChI is InChI=1S/C14H23N3O2/c1-19-14-11-12(3-4-13(14)15)17-6-2-5-16(7-8-17)9-10-18/h3-4,11,18H,2,5-10,15H2,1H3. The number of nitrogens with two attached hydrogens (primary N) is 1. The molecule has 0 spiro atoms. The Bertz CT molecular complexity index is 412. The molecule has 1 fully saturated rings. The van der Waals surface area contributed by atoms with E-state index in [0.717, 1.165) is 50.6 Å². The molecule has 19 heavy (non-hydrogen) atoms. The minimum absolute atomic E-state index is 0.232. The van der Waals surface area contributed by atoms with E-state index in [1.807, 2.05) is 18.2 Å². The van der Waals surface area contributed by atoms with E-state index >= 15 is 0 Å². The lowest BCUT2D eigenvalue weighted by Crippen LogP contribution is -2.32. The van der Waals surface area contributed by atoms with Gasteiger partial charge < -0.3 is 20.5 Å². The van der Waals surface area contributed by atoms with Crippen LogP contribution in [0.3, 0.4) is 0 Å². The van der Waals surface area contributed by atoms with Crippen LogP contribution >= 0.6 is 0 Å². The van der Waals surface area contributed by atoms with Gasteiger partial charge in [0.1, 0.15) is 5.75 Å². The fourth-order valence-electron chi connectivity index (χ4n) is 2.49. The summed E-state index contributed by atoms with van der Waals surface area (Å²) in [5, 5.41) is 9.01. The van der Waals surface area contributed by atoms with E-state index in [2.05, 4.69) is 9.80 Å². The minimum Gasteiger partial charge on any atom is -0.495 e.